The number of ketones is 1. The number of carbonyl (C=O) groups excluding carboxylic acids is 2. The molecule has 0 N–H and O–H groups in total. The summed E-state index contributed by atoms with van der Waals surface area (Å²) in [6, 6.07) is 0. The molecule has 0 aromatic rings. The van der Waals surface area contributed by atoms with Crippen LogP contribution in [0.3, 0.4) is 0 Å². The molecule has 1 fully saturated rings. The summed E-state index contributed by atoms with van der Waals surface area (Å²) in [5, 5.41) is 0. The number of allylic oxidation sites excluding steroid dienone is 1. The van der Waals surface area contributed by atoms with E-state index in [2.05, 4.69) is 6.92 Å². The molecule has 1 aliphatic carbocycles. The Morgan fingerprint density at radius 3 is 3.00 bits per heavy atom. The van der Waals surface area contributed by atoms with Crippen LogP contribution in [0.4, 0.5) is 0 Å². The first-order valence-electron chi connectivity index (χ1n) is 7.72. The first-order chi connectivity index (χ1) is 9.66. The number of hydrogen-bond acceptors (Lipinski definition) is 4. The van der Waals surface area contributed by atoms with Crippen molar-refractivity contribution in [3.63, 3.8) is 0 Å². The fourth-order valence-corrected chi connectivity index (χ4v) is 2.86. The lowest BCUT2D eigenvalue weighted by Crippen LogP contribution is -2.44. The van der Waals surface area contributed by atoms with Crippen molar-refractivity contribution in [3.05, 3.63) is 12.2 Å². The van der Waals surface area contributed by atoms with E-state index in [9.17, 15) is 9.59 Å². The van der Waals surface area contributed by atoms with Gasteiger partial charge in [0.1, 0.15) is 6.10 Å². The molecule has 1 aliphatic heterocycles. The Bertz CT molecular complexity index is 388. The molecule has 112 valence electrons. The highest BCUT2D eigenvalue weighted by Gasteiger charge is 2.48. The fraction of sp³-hybridized carbons (Fsp3) is 0.750. The van der Waals surface area contributed by atoms with Crippen LogP contribution in [-0.2, 0) is 19.1 Å². The Kier molecular flexibility index (Phi) is 5.35. The Morgan fingerprint density at radius 1 is 1.40 bits per heavy atom. The van der Waals surface area contributed by atoms with E-state index in [4.69, 9.17) is 9.47 Å². The number of ether oxygens (including phenoxy) is 2. The Morgan fingerprint density at radius 2 is 2.20 bits per heavy atom. The van der Waals surface area contributed by atoms with Crippen LogP contribution in [0.5, 0.6) is 0 Å². The Balaban J connectivity index is 1.80. The highest BCUT2D eigenvalue weighted by Crippen LogP contribution is 2.36. The van der Waals surface area contributed by atoms with Crippen molar-refractivity contribution >= 4 is 11.8 Å². The minimum atomic E-state index is -0.686. The minimum Gasteiger partial charge on any atom is -0.452 e. The zero-order chi connectivity index (χ0) is 14.4. The van der Waals surface area contributed by atoms with Gasteiger partial charge >= 0.3 is 5.97 Å². The van der Waals surface area contributed by atoms with Gasteiger partial charge < -0.3 is 9.47 Å². The molecule has 2 aliphatic rings. The first-order valence-corrected chi connectivity index (χ1v) is 7.72. The summed E-state index contributed by atoms with van der Waals surface area (Å²) >= 11 is 0. The maximum atomic E-state index is 12.0. The molecule has 0 amide bonds. The van der Waals surface area contributed by atoms with E-state index in [1.807, 2.05) is 0 Å². The second-order valence-electron chi connectivity index (χ2n) is 5.71. The number of carbonyl (C=O) groups is 2. The van der Waals surface area contributed by atoms with Crippen LogP contribution in [0.25, 0.3) is 0 Å². The number of rotatable bonds is 7. The summed E-state index contributed by atoms with van der Waals surface area (Å²) in [5.41, 5.74) is -0.686. The lowest BCUT2D eigenvalue weighted by molar-refractivity contribution is -0.161. The monoisotopic (exact) mass is 280 g/mol. The Labute approximate surface area is 120 Å². The molecular formula is C16H24O4. The zero-order valence-corrected chi connectivity index (χ0v) is 12.2. The normalized spacial score (nSPS) is 28.4. The van der Waals surface area contributed by atoms with Gasteiger partial charge in [0.2, 0.25) is 0 Å². The van der Waals surface area contributed by atoms with E-state index in [0.717, 1.165) is 12.8 Å². The standard InChI is InChI=1S/C16H24O4/c1-2-3-4-5-6-7-15(18)20-16-9-8-13(17)12-14(16)19-11-10-16/h8-9,14H,2-7,10-12H2,1H3. The van der Waals surface area contributed by atoms with Gasteiger partial charge in [-0.15, -0.1) is 0 Å². The number of esters is 1. The molecule has 0 aromatic heterocycles. The molecule has 0 spiro atoms. The summed E-state index contributed by atoms with van der Waals surface area (Å²) < 4.78 is 11.2. The maximum absolute atomic E-state index is 12.0. The second-order valence-corrected chi connectivity index (χ2v) is 5.71. The number of fused-ring (bicyclic) bond motifs is 1. The summed E-state index contributed by atoms with van der Waals surface area (Å²) in [5.74, 6) is -0.126. The van der Waals surface area contributed by atoms with Crippen LogP contribution in [0.2, 0.25) is 0 Å². The van der Waals surface area contributed by atoms with Gasteiger partial charge in [0.25, 0.3) is 0 Å². The van der Waals surface area contributed by atoms with Gasteiger partial charge in [0.15, 0.2) is 11.4 Å². The predicted molar refractivity (Wildman–Crippen MR) is 75.3 cm³/mol. The molecule has 0 aromatic carbocycles. The topological polar surface area (TPSA) is 52.6 Å². The van der Waals surface area contributed by atoms with E-state index in [1.54, 1.807) is 6.08 Å². The van der Waals surface area contributed by atoms with Crippen molar-refractivity contribution in [3.8, 4) is 0 Å². The van der Waals surface area contributed by atoms with Crippen LogP contribution in [0.1, 0.15) is 58.3 Å². The molecule has 4 nitrogen and oxygen atoms in total. The molecule has 2 rings (SSSR count). The molecule has 0 saturated carbocycles. The summed E-state index contributed by atoms with van der Waals surface area (Å²) in [6.07, 6.45) is 9.95. The first kappa shape index (κ1) is 15.2. The van der Waals surface area contributed by atoms with Gasteiger partial charge in [0.05, 0.1) is 6.61 Å². The third kappa shape index (κ3) is 3.69. The van der Waals surface area contributed by atoms with Crippen LogP contribution in [-0.4, -0.2) is 30.1 Å². The van der Waals surface area contributed by atoms with Crippen LogP contribution < -0.4 is 0 Å². The van der Waals surface area contributed by atoms with Gasteiger partial charge in [-0.2, -0.15) is 0 Å². The number of unbranched alkanes of at least 4 members (excludes halogenated alkanes) is 4. The van der Waals surface area contributed by atoms with Gasteiger partial charge in [-0.3, -0.25) is 9.59 Å². The average Bonchev–Trinajstić information content (AvgIpc) is 2.81. The van der Waals surface area contributed by atoms with E-state index in [0.29, 0.717) is 25.9 Å². The van der Waals surface area contributed by atoms with Crippen LogP contribution >= 0.6 is 0 Å². The summed E-state index contributed by atoms with van der Waals surface area (Å²) in [4.78, 5) is 23.4. The van der Waals surface area contributed by atoms with E-state index in [1.165, 1.54) is 25.3 Å². The molecule has 2 atom stereocenters. The lowest BCUT2D eigenvalue weighted by Gasteiger charge is -2.32. The minimum absolute atomic E-state index is 0.0446. The van der Waals surface area contributed by atoms with Crippen molar-refractivity contribution in [2.75, 3.05) is 6.61 Å². The molecule has 4 heteroatoms. The van der Waals surface area contributed by atoms with Gasteiger partial charge in [-0.1, -0.05) is 32.6 Å². The highest BCUT2D eigenvalue weighted by atomic mass is 16.6. The smallest absolute Gasteiger partial charge is 0.306 e. The summed E-state index contributed by atoms with van der Waals surface area (Å²) in [6.45, 7) is 2.72. The average molecular weight is 280 g/mol. The van der Waals surface area contributed by atoms with E-state index in [-0.39, 0.29) is 17.9 Å². The van der Waals surface area contributed by atoms with Crippen LogP contribution in [0.15, 0.2) is 12.2 Å². The van der Waals surface area contributed by atoms with Gasteiger partial charge in [-0.05, 0) is 18.6 Å². The Hall–Kier alpha value is -1.16. The number of hydrogen-bond donors (Lipinski definition) is 0. The lowest BCUT2D eigenvalue weighted by atomic mass is 9.86. The van der Waals surface area contributed by atoms with Crippen molar-refractivity contribution in [2.45, 2.75) is 70.0 Å². The molecule has 0 radical (unpaired) electrons. The van der Waals surface area contributed by atoms with E-state index >= 15 is 0 Å². The predicted octanol–water partition coefficient (Wildman–Crippen LogP) is 2.95. The molecule has 0 bridgehead atoms. The van der Waals surface area contributed by atoms with Gasteiger partial charge in [0, 0.05) is 19.3 Å². The van der Waals surface area contributed by atoms with Crippen LogP contribution in [0, 0.1) is 0 Å². The molecule has 20 heavy (non-hydrogen) atoms. The van der Waals surface area contributed by atoms with Crippen molar-refractivity contribution in [2.24, 2.45) is 0 Å². The van der Waals surface area contributed by atoms with Gasteiger partial charge in [-0.25, -0.2) is 0 Å². The SMILES string of the molecule is CCCCCCCC(=O)OC12C=CC(=O)CC1OCC2. The molecular weight excluding hydrogens is 256 g/mol. The molecule has 2 unspecified atom stereocenters. The third-order valence-electron chi connectivity index (χ3n) is 4.08. The summed E-state index contributed by atoms with van der Waals surface area (Å²) in [7, 11) is 0. The molecule has 1 heterocycles. The molecule has 1 saturated heterocycles. The third-order valence-corrected chi connectivity index (χ3v) is 4.08. The van der Waals surface area contributed by atoms with Crippen molar-refractivity contribution < 1.29 is 19.1 Å². The zero-order valence-electron chi connectivity index (χ0n) is 12.2. The largest absolute Gasteiger partial charge is 0.452 e. The van der Waals surface area contributed by atoms with Crippen molar-refractivity contribution in [1.82, 2.24) is 0 Å². The fourth-order valence-electron chi connectivity index (χ4n) is 2.86. The quantitative estimate of drug-likeness (QED) is 0.531. The highest BCUT2D eigenvalue weighted by molar-refractivity contribution is 5.91. The van der Waals surface area contributed by atoms with Crippen molar-refractivity contribution in [1.29, 1.82) is 0 Å². The van der Waals surface area contributed by atoms with E-state index < -0.39 is 5.60 Å². The maximum Gasteiger partial charge on any atom is 0.306 e. The second kappa shape index (κ2) is 7.02.